The Labute approximate surface area is 150 Å². The lowest BCUT2D eigenvalue weighted by atomic mass is 10.1. The molecule has 0 radical (unpaired) electrons. The Morgan fingerprint density at radius 3 is 2.46 bits per heavy atom. The molecule has 0 bridgehead atoms. The maximum absolute atomic E-state index is 12.8. The molecule has 0 aliphatic carbocycles. The smallest absolute Gasteiger partial charge is 0.341 e. The monoisotopic (exact) mass is 361 g/mol. The highest BCUT2D eigenvalue weighted by molar-refractivity contribution is 5.92. The van der Waals surface area contributed by atoms with Gasteiger partial charge in [-0.15, -0.1) is 0 Å². The summed E-state index contributed by atoms with van der Waals surface area (Å²) in [4.78, 5) is 23.7. The summed E-state index contributed by atoms with van der Waals surface area (Å²) in [6.07, 6.45) is 0.568. The van der Waals surface area contributed by atoms with Crippen molar-refractivity contribution in [1.82, 2.24) is 5.32 Å². The van der Waals surface area contributed by atoms with Crippen LogP contribution < -0.4 is 14.8 Å². The predicted octanol–water partition coefficient (Wildman–Crippen LogP) is 2.36. The van der Waals surface area contributed by atoms with Crippen molar-refractivity contribution in [2.75, 3.05) is 27.4 Å². The molecule has 0 atom stereocenters. The fourth-order valence-electron chi connectivity index (χ4n) is 2.22. The van der Waals surface area contributed by atoms with E-state index in [0.717, 1.165) is 5.56 Å². The Morgan fingerprint density at radius 2 is 1.81 bits per heavy atom. The Bertz CT molecular complexity index is 761. The van der Waals surface area contributed by atoms with E-state index >= 15 is 0 Å². The number of benzene rings is 2. The van der Waals surface area contributed by atoms with Gasteiger partial charge in [-0.25, -0.2) is 9.18 Å². The van der Waals surface area contributed by atoms with Gasteiger partial charge < -0.3 is 19.5 Å². The minimum Gasteiger partial charge on any atom is -0.497 e. The zero-order valence-electron chi connectivity index (χ0n) is 14.6. The van der Waals surface area contributed by atoms with Crippen molar-refractivity contribution in [3.63, 3.8) is 0 Å². The highest BCUT2D eigenvalue weighted by atomic mass is 19.1. The number of carbonyl (C=O) groups is 2. The van der Waals surface area contributed by atoms with Gasteiger partial charge in [-0.3, -0.25) is 4.79 Å². The van der Waals surface area contributed by atoms with Crippen LogP contribution in [0.3, 0.4) is 0 Å². The van der Waals surface area contributed by atoms with E-state index in [1.807, 2.05) is 0 Å². The highest BCUT2D eigenvalue weighted by Crippen LogP contribution is 2.25. The van der Waals surface area contributed by atoms with E-state index in [4.69, 9.17) is 14.2 Å². The van der Waals surface area contributed by atoms with Gasteiger partial charge in [-0.05, 0) is 36.2 Å². The first-order chi connectivity index (χ1) is 12.5. The molecule has 138 valence electrons. The van der Waals surface area contributed by atoms with Crippen LogP contribution in [0.4, 0.5) is 4.39 Å². The van der Waals surface area contributed by atoms with E-state index < -0.39 is 5.97 Å². The van der Waals surface area contributed by atoms with Gasteiger partial charge in [0.05, 0.1) is 14.2 Å². The lowest BCUT2D eigenvalue weighted by Gasteiger charge is -2.12. The van der Waals surface area contributed by atoms with Crippen LogP contribution in [0.25, 0.3) is 0 Å². The molecule has 6 nitrogen and oxygen atoms in total. The first kappa shape index (κ1) is 19.2. The van der Waals surface area contributed by atoms with Crippen LogP contribution in [0.2, 0.25) is 0 Å². The summed E-state index contributed by atoms with van der Waals surface area (Å²) in [5, 5.41) is 2.70. The Balaban J connectivity index is 1.88. The lowest BCUT2D eigenvalue weighted by Crippen LogP contribution is -2.30. The third-order valence-corrected chi connectivity index (χ3v) is 3.60. The molecule has 0 aliphatic rings. The topological polar surface area (TPSA) is 73.9 Å². The summed E-state index contributed by atoms with van der Waals surface area (Å²) in [6.45, 7) is 0.121. The van der Waals surface area contributed by atoms with Gasteiger partial charge in [0, 0.05) is 12.6 Å². The minimum absolute atomic E-state index is 0.199. The van der Waals surface area contributed by atoms with Crippen molar-refractivity contribution in [1.29, 1.82) is 0 Å². The average Bonchev–Trinajstić information content (AvgIpc) is 2.67. The molecule has 2 aromatic carbocycles. The van der Waals surface area contributed by atoms with Crippen LogP contribution in [0, 0.1) is 5.82 Å². The van der Waals surface area contributed by atoms with Gasteiger partial charge in [0.2, 0.25) is 0 Å². The average molecular weight is 361 g/mol. The van der Waals surface area contributed by atoms with E-state index in [0.29, 0.717) is 18.7 Å². The molecule has 1 amide bonds. The van der Waals surface area contributed by atoms with Crippen molar-refractivity contribution in [3.8, 4) is 11.5 Å². The fourth-order valence-corrected chi connectivity index (χ4v) is 2.22. The standard InChI is InChI=1S/C19H20FNO5/c1-24-15-7-8-16(19(23)25-2)17(11-15)26-12-18(22)21-10-9-13-3-5-14(20)6-4-13/h3-8,11H,9-10,12H2,1-2H3,(H,21,22). The van der Waals surface area contributed by atoms with Crippen molar-refractivity contribution in [2.45, 2.75) is 6.42 Å². The molecule has 0 spiro atoms. The van der Waals surface area contributed by atoms with Crippen LogP contribution in [-0.2, 0) is 16.0 Å². The van der Waals surface area contributed by atoms with E-state index in [1.54, 1.807) is 18.2 Å². The van der Waals surface area contributed by atoms with Crippen LogP contribution >= 0.6 is 0 Å². The first-order valence-corrected chi connectivity index (χ1v) is 7.93. The maximum atomic E-state index is 12.8. The molecule has 0 fully saturated rings. The predicted molar refractivity (Wildman–Crippen MR) is 92.9 cm³/mol. The second-order valence-electron chi connectivity index (χ2n) is 5.37. The molecule has 0 heterocycles. The number of esters is 1. The van der Waals surface area contributed by atoms with Gasteiger partial charge in [-0.1, -0.05) is 12.1 Å². The molecule has 1 N–H and O–H groups in total. The molecule has 0 aliphatic heterocycles. The van der Waals surface area contributed by atoms with Crippen LogP contribution in [0.15, 0.2) is 42.5 Å². The molecular weight excluding hydrogens is 341 g/mol. The van der Waals surface area contributed by atoms with Gasteiger partial charge in [0.25, 0.3) is 5.91 Å². The molecule has 0 unspecified atom stereocenters. The van der Waals surface area contributed by atoms with Crippen LogP contribution in [0.5, 0.6) is 11.5 Å². The summed E-state index contributed by atoms with van der Waals surface area (Å²) in [5.41, 5.74) is 1.11. The number of hydrogen-bond donors (Lipinski definition) is 1. The number of halogens is 1. The molecule has 0 saturated heterocycles. The highest BCUT2D eigenvalue weighted by Gasteiger charge is 2.15. The van der Waals surface area contributed by atoms with Crippen molar-refractivity contribution < 1.29 is 28.2 Å². The minimum atomic E-state index is -0.570. The summed E-state index contributed by atoms with van der Waals surface area (Å²) < 4.78 is 28.1. The largest absolute Gasteiger partial charge is 0.497 e. The van der Waals surface area contributed by atoms with E-state index in [9.17, 15) is 14.0 Å². The Hall–Kier alpha value is -3.09. The van der Waals surface area contributed by atoms with Gasteiger partial charge in [0.15, 0.2) is 6.61 Å². The number of carbonyl (C=O) groups excluding carboxylic acids is 2. The van der Waals surface area contributed by atoms with E-state index in [2.05, 4.69) is 5.32 Å². The number of amides is 1. The molecule has 7 heteroatoms. The Kier molecular flexibility index (Phi) is 6.96. The lowest BCUT2D eigenvalue weighted by molar-refractivity contribution is -0.123. The maximum Gasteiger partial charge on any atom is 0.341 e. The number of hydrogen-bond acceptors (Lipinski definition) is 5. The Morgan fingerprint density at radius 1 is 1.08 bits per heavy atom. The van der Waals surface area contributed by atoms with E-state index in [1.165, 1.54) is 38.5 Å². The van der Waals surface area contributed by atoms with Gasteiger partial charge in [0.1, 0.15) is 22.9 Å². The zero-order valence-corrected chi connectivity index (χ0v) is 14.6. The molecule has 0 aromatic heterocycles. The van der Waals surface area contributed by atoms with Gasteiger partial charge in [-0.2, -0.15) is 0 Å². The molecular formula is C19H20FNO5. The molecule has 2 aromatic rings. The third-order valence-electron chi connectivity index (χ3n) is 3.60. The van der Waals surface area contributed by atoms with Crippen molar-refractivity contribution in [3.05, 3.63) is 59.4 Å². The first-order valence-electron chi connectivity index (χ1n) is 7.93. The second-order valence-corrected chi connectivity index (χ2v) is 5.37. The van der Waals surface area contributed by atoms with Crippen molar-refractivity contribution in [2.24, 2.45) is 0 Å². The SMILES string of the molecule is COC(=O)c1ccc(OC)cc1OCC(=O)NCCc1ccc(F)cc1. The molecule has 26 heavy (non-hydrogen) atoms. The summed E-state index contributed by atoms with van der Waals surface area (Å²) >= 11 is 0. The molecule has 0 saturated carbocycles. The van der Waals surface area contributed by atoms with Crippen LogP contribution in [0.1, 0.15) is 15.9 Å². The second kappa shape index (κ2) is 9.41. The number of ether oxygens (including phenoxy) is 3. The van der Waals surface area contributed by atoms with Gasteiger partial charge >= 0.3 is 5.97 Å². The summed E-state index contributed by atoms with van der Waals surface area (Å²) in [5.74, 6) is -0.523. The normalized spacial score (nSPS) is 10.1. The summed E-state index contributed by atoms with van der Waals surface area (Å²) in [7, 11) is 2.75. The summed E-state index contributed by atoms with van der Waals surface area (Å²) in [6, 6.07) is 10.7. The number of rotatable bonds is 8. The third kappa shape index (κ3) is 5.47. The fraction of sp³-hybridized carbons (Fsp3) is 0.263. The molecule has 2 rings (SSSR count). The number of methoxy groups -OCH3 is 2. The quantitative estimate of drug-likeness (QED) is 0.731. The van der Waals surface area contributed by atoms with Crippen molar-refractivity contribution >= 4 is 11.9 Å². The van der Waals surface area contributed by atoms with E-state index in [-0.39, 0.29) is 29.6 Å². The number of nitrogens with one attached hydrogen (secondary N) is 1. The van der Waals surface area contributed by atoms with Crippen LogP contribution in [-0.4, -0.2) is 39.2 Å². The zero-order chi connectivity index (χ0) is 18.9.